The van der Waals surface area contributed by atoms with E-state index in [9.17, 15) is 9.00 Å². The maximum Gasteiger partial charge on any atom is 0.355 e. The SMILES string of the molecule is C[C@@H]1COc2c([S@@](=O)(=NC(=O)Nc3c4c(cc5c3CCC5)CCC4)NC#N)cnn21. The van der Waals surface area contributed by atoms with Gasteiger partial charge in [0.05, 0.1) is 12.2 Å². The molecule has 0 saturated carbocycles. The molecular formula is C20H22N6O3S. The fourth-order valence-electron chi connectivity index (χ4n) is 4.65. The van der Waals surface area contributed by atoms with Crippen molar-refractivity contribution in [3.8, 4) is 12.1 Å². The number of amides is 2. The minimum Gasteiger partial charge on any atom is -0.475 e. The number of urea groups is 1. The quantitative estimate of drug-likeness (QED) is 0.577. The van der Waals surface area contributed by atoms with Gasteiger partial charge in [0.1, 0.15) is 6.61 Å². The van der Waals surface area contributed by atoms with Gasteiger partial charge in [-0.2, -0.15) is 10.4 Å². The van der Waals surface area contributed by atoms with E-state index in [2.05, 4.69) is 25.6 Å². The van der Waals surface area contributed by atoms with Gasteiger partial charge in [0.15, 0.2) is 21.0 Å². The molecule has 2 N–H and O–H groups in total. The number of ether oxygens (including phenoxy) is 1. The number of hydrogen-bond donors (Lipinski definition) is 2. The Kier molecular flexibility index (Phi) is 4.43. The van der Waals surface area contributed by atoms with Crippen LogP contribution in [0.4, 0.5) is 10.5 Å². The summed E-state index contributed by atoms with van der Waals surface area (Å²) in [6.07, 6.45) is 8.95. The zero-order valence-electron chi connectivity index (χ0n) is 16.6. The van der Waals surface area contributed by atoms with Crippen LogP contribution in [-0.4, -0.2) is 26.6 Å². The predicted octanol–water partition coefficient (Wildman–Crippen LogP) is 2.86. The van der Waals surface area contributed by atoms with Crippen LogP contribution >= 0.6 is 0 Å². The highest BCUT2D eigenvalue weighted by Crippen LogP contribution is 2.39. The summed E-state index contributed by atoms with van der Waals surface area (Å²) in [7, 11) is -3.58. The molecule has 2 atom stereocenters. The monoisotopic (exact) mass is 426 g/mol. The van der Waals surface area contributed by atoms with Gasteiger partial charge in [0.2, 0.25) is 5.88 Å². The summed E-state index contributed by atoms with van der Waals surface area (Å²) in [4.78, 5) is 13.0. The van der Waals surface area contributed by atoms with Crippen molar-refractivity contribution >= 4 is 21.6 Å². The van der Waals surface area contributed by atoms with Gasteiger partial charge in [0.25, 0.3) is 0 Å². The molecule has 30 heavy (non-hydrogen) atoms. The third kappa shape index (κ3) is 2.92. The molecule has 1 aromatic heterocycles. The molecule has 2 aromatic rings. The number of nitriles is 1. The zero-order valence-corrected chi connectivity index (χ0v) is 17.4. The van der Waals surface area contributed by atoms with Crippen LogP contribution in [0.15, 0.2) is 21.5 Å². The number of rotatable bonds is 3. The van der Waals surface area contributed by atoms with Crippen molar-refractivity contribution < 1.29 is 13.7 Å². The molecule has 10 heteroatoms. The molecule has 9 nitrogen and oxygen atoms in total. The minimum atomic E-state index is -3.58. The fourth-order valence-corrected chi connectivity index (χ4v) is 5.88. The Bertz CT molecular complexity index is 1190. The average Bonchev–Trinajstić information content (AvgIpc) is 3.46. The molecule has 0 unspecified atom stereocenters. The first-order valence-corrected chi connectivity index (χ1v) is 11.6. The Morgan fingerprint density at radius 1 is 1.30 bits per heavy atom. The smallest absolute Gasteiger partial charge is 0.355 e. The Morgan fingerprint density at radius 2 is 2.00 bits per heavy atom. The van der Waals surface area contributed by atoms with Gasteiger partial charge in [-0.3, -0.25) is 0 Å². The van der Waals surface area contributed by atoms with E-state index in [0.717, 1.165) is 55.3 Å². The lowest BCUT2D eigenvalue weighted by molar-refractivity contribution is 0.260. The second-order valence-electron chi connectivity index (χ2n) is 7.91. The summed E-state index contributed by atoms with van der Waals surface area (Å²) >= 11 is 0. The highest BCUT2D eigenvalue weighted by atomic mass is 32.2. The lowest BCUT2D eigenvalue weighted by Crippen LogP contribution is -2.22. The van der Waals surface area contributed by atoms with E-state index in [-0.39, 0.29) is 16.8 Å². The number of aryl methyl sites for hydroxylation is 2. The van der Waals surface area contributed by atoms with Crippen LogP contribution in [0.5, 0.6) is 5.88 Å². The van der Waals surface area contributed by atoms with Crippen molar-refractivity contribution in [2.75, 3.05) is 11.9 Å². The fraction of sp³-hybridized carbons (Fsp3) is 0.450. The summed E-state index contributed by atoms with van der Waals surface area (Å²) in [6.45, 7) is 2.29. The maximum atomic E-state index is 13.5. The van der Waals surface area contributed by atoms with E-state index >= 15 is 0 Å². The topological polar surface area (TPSA) is 121 Å². The summed E-state index contributed by atoms with van der Waals surface area (Å²) < 4.78 is 26.7. The maximum absolute atomic E-state index is 13.5. The number of nitrogens with zero attached hydrogens (tertiary/aromatic N) is 4. The van der Waals surface area contributed by atoms with Gasteiger partial charge in [-0.1, -0.05) is 6.07 Å². The van der Waals surface area contributed by atoms with E-state index in [1.807, 2.05) is 6.92 Å². The van der Waals surface area contributed by atoms with Crippen LogP contribution in [0.1, 0.15) is 48.1 Å². The zero-order chi connectivity index (χ0) is 20.9. The van der Waals surface area contributed by atoms with Crippen LogP contribution in [0, 0.1) is 11.5 Å². The largest absolute Gasteiger partial charge is 0.475 e. The lowest BCUT2D eigenvalue weighted by Gasteiger charge is -2.15. The van der Waals surface area contributed by atoms with Crippen LogP contribution in [0.2, 0.25) is 0 Å². The van der Waals surface area contributed by atoms with Crippen LogP contribution in [0.3, 0.4) is 0 Å². The molecule has 156 valence electrons. The first kappa shape index (κ1) is 18.9. The van der Waals surface area contributed by atoms with Gasteiger partial charge >= 0.3 is 6.03 Å². The first-order chi connectivity index (χ1) is 14.5. The molecule has 0 radical (unpaired) electrons. The van der Waals surface area contributed by atoms with Crippen molar-refractivity contribution in [3.05, 3.63) is 34.5 Å². The van der Waals surface area contributed by atoms with Crippen LogP contribution < -0.4 is 14.8 Å². The normalized spacial score (nSPS) is 20.3. The molecule has 2 amide bonds. The average molecular weight is 427 g/mol. The van der Waals surface area contributed by atoms with Crippen molar-refractivity contribution in [2.24, 2.45) is 4.36 Å². The van der Waals surface area contributed by atoms with Crippen LogP contribution in [-0.2, 0) is 35.6 Å². The van der Waals surface area contributed by atoms with E-state index in [0.29, 0.717) is 6.61 Å². The standard InChI is InChI=1S/C20H22N6O3S/c1-12-10-29-19-17(9-22-26(12)19)30(28,23-11-21)25-20(27)24-18-15-6-2-4-13(15)8-14-5-3-7-16(14)18/h8-9,12H,2-7,10H2,1H3,(H2,23,24,25,27,28)/t12-,30+/m1/s1. The number of aromatic nitrogens is 2. The van der Waals surface area contributed by atoms with E-state index in [1.165, 1.54) is 17.3 Å². The van der Waals surface area contributed by atoms with Crippen molar-refractivity contribution in [1.82, 2.24) is 14.5 Å². The molecular weight excluding hydrogens is 404 g/mol. The van der Waals surface area contributed by atoms with E-state index in [1.54, 1.807) is 10.9 Å². The van der Waals surface area contributed by atoms with Gasteiger partial charge in [0, 0.05) is 5.69 Å². The first-order valence-electron chi connectivity index (χ1n) is 10.1. The molecule has 1 aliphatic heterocycles. The van der Waals surface area contributed by atoms with E-state index < -0.39 is 15.9 Å². The molecule has 0 fully saturated rings. The third-order valence-corrected chi connectivity index (χ3v) is 7.66. The number of hydrogen-bond acceptors (Lipinski definition) is 5. The Balaban J connectivity index is 1.53. The van der Waals surface area contributed by atoms with Gasteiger partial charge < -0.3 is 10.1 Å². The number of carbonyl (C=O) groups excluding carboxylic acids is 1. The number of nitrogens with one attached hydrogen (secondary N) is 2. The highest BCUT2D eigenvalue weighted by molar-refractivity contribution is 7.92. The van der Waals surface area contributed by atoms with Crippen LogP contribution in [0.25, 0.3) is 0 Å². The van der Waals surface area contributed by atoms with E-state index in [4.69, 9.17) is 10.00 Å². The second kappa shape index (κ2) is 7.02. The summed E-state index contributed by atoms with van der Waals surface area (Å²) in [6, 6.07) is 1.50. The number of anilines is 1. The molecule has 2 heterocycles. The predicted molar refractivity (Wildman–Crippen MR) is 110 cm³/mol. The van der Waals surface area contributed by atoms with Crippen molar-refractivity contribution in [2.45, 2.75) is 56.4 Å². The van der Waals surface area contributed by atoms with Crippen molar-refractivity contribution in [1.29, 1.82) is 5.26 Å². The summed E-state index contributed by atoms with van der Waals surface area (Å²) in [5.41, 5.74) is 5.68. The third-order valence-electron chi connectivity index (χ3n) is 6.00. The summed E-state index contributed by atoms with van der Waals surface area (Å²) in [5.74, 6) is 0.272. The minimum absolute atomic E-state index is 0.0252. The lowest BCUT2D eigenvalue weighted by atomic mass is 9.99. The molecule has 0 spiro atoms. The molecule has 1 aromatic carbocycles. The number of fused-ring (bicyclic) bond motifs is 3. The van der Waals surface area contributed by atoms with Gasteiger partial charge in [-0.15, -0.1) is 4.36 Å². The molecule has 0 saturated heterocycles. The Hall–Kier alpha value is -3.06. The number of carbonyl (C=O) groups is 1. The van der Waals surface area contributed by atoms with Crippen molar-refractivity contribution in [3.63, 3.8) is 0 Å². The van der Waals surface area contributed by atoms with Gasteiger partial charge in [-0.25, -0.2) is 18.4 Å². The molecule has 2 aliphatic carbocycles. The molecule has 3 aliphatic rings. The molecule has 0 bridgehead atoms. The highest BCUT2D eigenvalue weighted by Gasteiger charge is 2.31. The number of benzene rings is 1. The Labute approximate surface area is 174 Å². The Morgan fingerprint density at radius 3 is 2.67 bits per heavy atom. The van der Waals surface area contributed by atoms with Gasteiger partial charge in [-0.05, 0) is 67.7 Å². The second-order valence-corrected chi connectivity index (χ2v) is 9.79. The summed E-state index contributed by atoms with van der Waals surface area (Å²) in [5, 5.41) is 16.2. The molecule has 5 rings (SSSR count).